The Morgan fingerprint density at radius 2 is 2.18 bits per heavy atom. The quantitative estimate of drug-likeness (QED) is 0.434. The first-order chi connectivity index (χ1) is 10.6. The summed E-state index contributed by atoms with van der Waals surface area (Å²) in [6, 6.07) is 6.52. The van der Waals surface area contributed by atoms with Gasteiger partial charge in [0, 0.05) is 11.6 Å². The Morgan fingerprint density at radius 3 is 2.86 bits per heavy atom. The third-order valence-corrected chi connectivity index (χ3v) is 4.54. The first-order valence-electron chi connectivity index (χ1n) is 7.81. The van der Waals surface area contributed by atoms with Gasteiger partial charge in [0.05, 0.1) is 6.04 Å². The van der Waals surface area contributed by atoms with Gasteiger partial charge in [0.15, 0.2) is 0 Å². The van der Waals surface area contributed by atoms with E-state index >= 15 is 0 Å². The van der Waals surface area contributed by atoms with Crippen LogP contribution in [0.25, 0.3) is 0 Å². The fraction of sp³-hybridized carbons (Fsp3) is 0.562. The first kappa shape index (κ1) is 15.3. The minimum absolute atomic E-state index is 0.00849. The van der Waals surface area contributed by atoms with Gasteiger partial charge in [-0.25, -0.2) is 5.90 Å². The van der Waals surface area contributed by atoms with E-state index in [1.807, 2.05) is 19.1 Å². The number of ether oxygens (including phenoxy) is 1. The fourth-order valence-corrected chi connectivity index (χ4v) is 2.99. The predicted molar refractivity (Wildman–Crippen MR) is 85.6 cm³/mol. The molecule has 0 amide bonds. The van der Waals surface area contributed by atoms with Crippen LogP contribution in [0, 0.1) is 0 Å². The van der Waals surface area contributed by atoms with E-state index in [4.69, 9.17) is 26.9 Å². The van der Waals surface area contributed by atoms with Gasteiger partial charge in [0.2, 0.25) is 0 Å². The van der Waals surface area contributed by atoms with Crippen molar-refractivity contribution in [3.63, 3.8) is 0 Å². The molecule has 0 saturated heterocycles. The molecule has 6 N–H and O–H groups in total. The number of aliphatic imine (C=N–C) groups is 1. The van der Waals surface area contributed by atoms with Crippen LogP contribution in [-0.4, -0.2) is 30.1 Å². The molecule has 1 fully saturated rings. The van der Waals surface area contributed by atoms with Crippen LogP contribution in [0.15, 0.2) is 23.2 Å². The highest BCUT2D eigenvalue weighted by atomic mass is 16.6. The van der Waals surface area contributed by atoms with Gasteiger partial charge < -0.3 is 16.2 Å². The number of hydrogen-bond donors (Lipinski definition) is 3. The molecule has 2 atom stereocenters. The summed E-state index contributed by atoms with van der Waals surface area (Å²) in [7, 11) is 0. The summed E-state index contributed by atoms with van der Waals surface area (Å²) >= 11 is 0. The van der Waals surface area contributed by atoms with Crippen molar-refractivity contribution < 1.29 is 9.57 Å². The monoisotopic (exact) mass is 304 g/mol. The lowest BCUT2D eigenvalue weighted by atomic mass is 9.88. The Kier molecular flexibility index (Phi) is 4.33. The average Bonchev–Trinajstić information content (AvgIpc) is 2.51. The molecule has 1 aliphatic heterocycles. The van der Waals surface area contributed by atoms with Crippen molar-refractivity contribution in [1.82, 2.24) is 0 Å². The third kappa shape index (κ3) is 3.09. The van der Waals surface area contributed by atoms with Gasteiger partial charge in [-0.2, -0.15) is 0 Å². The minimum Gasteiger partial charge on any atom is -0.487 e. The van der Waals surface area contributed by atoms with Crippen LogP contribution < -0.4 is 22.1 Å². The van der Waals surface area contributed by atoms with Crippen molar-refractivity contribution in [2.24, 2.45) is 22.4 Å². The molecule has 22 heavy (non-hydrogen) atoms. The maximum atomic E-state index is 6.11. The number of hydrogen-bond acceptors (Lipinski definition) is 5. The second kappa shape index (κ2) is 6.24. The maximum absolute atomic E-state index is 6.11. The van der Waals surface area contributed by atoms with Crippen molar-refractivity contribution in [3.8, 4) is 5.75 Å². The SMILES string of the molecule is CC(ON)C1CCc2cc(C(N)=NC3CC(N)C3)ccc2O1. The summed E-state index contributed by atoms with van der Waals surface area (Å²) in [5.74, 6) is 6.70. The van der Waals surface area contributed by atoms with E-state index in [1.54, 1.807) is 0 Å². The molecule has 1 heterocycles. The summed E-state index contributed by atoms with van der Waals surface area (Å²) < 4.78 is 5.94. The van der Waals surface area contributed by atoms with E-state index in [-0.39, 0.29) is 24.3 Å². The Morgan fingerprint density at radius 1 is 1.41 bits per heavy atom. The number of fused-ring (bicyclic) bond motifs is 1. The number of nitrogens with two attached hydrogens (primary N) is 3. The van der Waals surface area contributed by atoms with Gasteiger partial charge in [-0.15, -0.1) is 0 Å². The van der Waals surface area contributed by atoms with E-state index in [2.05, 4.69) is 11.1 Å². The molecular weight excluding hydrogens is 280 g/mol. The van der Waals surface area contributed by atoms with Crippen LogP contribution >= 0.6 is 0 Å². The van der Waals surface area contributed by atoms with Gasteiger partial charge >= 0.3 is 0 Å². The van der Waals surface area contributed by atoms with Crippen molar-refractivity contribution >= 4 is 5.84 Å². The Hall–Kier alpha value is -1.63. The van der Waals surface area contributed by atoms with Crippen molar-refractivity contribution in [3.05, 3.63) is 29.3 Å². The smallest absolute Gasteiger partial charge is 0.127 e. The lowest BCUT2D eigenvalue weighted by Crippen LogP contribution is -2.40. The molecular formula is C16H24N4O2. The molecule has 0 bridgehead atoms. The van der Waals surface area contributed by atoms with Crippen molar-refractivity contribution in [2.75, 3.05) is 0 Å². The zero-order chi connectivity index (χ0) is 15.7. The normalized spacial score (nSPS) is 29.2. The summed E-state index contributed by atoms with van der Waals surface area (Å²) in [4.78, 5) is 9.41. The van der Waals surface area contributed by atoms with E-state index in [0.717, 1.165) is 42.6 Å². The molecule has 0 radical (unpaired) electrons. The number of aryl methyl sites for hydroxylation is 1. The van der Waals surface area contributed by atoms with Crippen molar-refractivity contribution in [1.29, 1.82) is 0 Å². The highest BCUT2D eigenvalue weighted by Gasteiger charge is 2.27. The molecule has 0 aromatic heterocycles. The molecule has 1 aliphatic carbocycles. The lowest BCUT2D eigenvalue weighted by molar-refractivity contribution is -0.0238. The number of benzene rings is 1. The van der Waals surface area contributed by atoms with E-state index in [0.29, 0.717) is 5.84 Å². The highest BCUT2D eigenvalue weighted by Crippen LogP contribution is 2.30. The summed E-state index contributed by atoms with van der Waals surface area (Å²) in [6.07, 6.45) is 3.51. The number of amidine groups is 1. The molecule has 2 unspecified atom stereocenters. The maximum Gasteiger partial charge on any atom is 0.127 e. The van der Waals surface area contributed by atoms with Crippen LogP contribution in [0.1, 0.15) is 37.3 Å². The average molecular weight is 304 g/mol. The third-order valence-electron chi connectivity index (χ3n) is 4.54. The molecule has 6 heteroatoms. The lowest BCUT2D eigenvalue weighted by Gasteiger charge is -2.30. The van der Waals surface area contributed by atoms with E-state index in [9.17, 15) is 0 Å². The molecule has 1 saturated carbocycles. The van der Waals surface area contributed by atoms with Crippen LogP contribution in [0.2, 0.25) is 0 Å². The molecule has 1 aromatic rings. The van der Waals surface area contributed by atoms with Crippen LogP contribution in [0.5, 0.6) is 5.75 Å². The minimum atomic E-state index is -0.123. The Balaban J connectivity index is 1.72. The predicted octanol–water partition coefficient (Wildman–Crippen LogP) is 0.854. The van der Waals surface area contributed by atoms with E-state index < -0.39 is 0 Å². The topological polar surface area (TPSA) is 109 Å². The fourth-order valence-electron chi connectivity index (χ4n) is 2.99. The largest absolute Gasteiger partial charge is 0.487 e. The zero-order valence-electron chi connectivity index (χ0n) is 12.9. The molecule has 6 nitrogen and oxygen atoms in total. The zero-order valence-corrected chi connectivity index (χ0v) is 12.9. The second-order valence-electron chi connectivity index (χ2n) is 6.26. The molecule has 0 spiro atoms. The summed E-state index contributed by atoms with van der Waals surface area (Å²) in [6.45, 7) is 1.91. The number of nitrogens with zero attached hydrogens (tertiary/aromatic N) is 1. The Labute approximate surface area is 130 Å². The van der Waals surface area contributed by atoms with Gasteiger partial charge in [0.1, 0.15) is 23.8 Å². The van der Waals surface area contributed by atoms with E-state index in [1.165, 1.54) is 0 Å². The molecule has 1 aromatic carbocycles. The Bertz CT molecular complexity index is 569. The van der Waals surface area contributed by atoms with Gasteiger partial charge in [-0.05, 0) is 56.4 Å². The molecule has 3 rings (SSSR count). The first-order valence-corrected chi connectivity index (χ1v) is 7.81. The van der Waals surface area contributed by atoms with Gasteiger partial charge in [-0.1, -0.05) is 0 Å². The molecule has 2 aliphatic rings. The highest BCUT2D eigenvalue weighted by molar-refractivity contribution is 5.98. The van der Waals surface area contributed by atoms with Crippen LogP contribution in [-0.2, 0) is 11.3 Å². The van der Waals surface area contributed by atoms with Gasteiger partial charge in [-0.3, -0.25) is 9.83 Å². The standard InChI is InChI=1S/C16H24N4O2/c1-9(22-19)14-4-2-10-6-11(3-5-15(10)21-14)16(18)20-13-7-12(17)8-13/h3,5-6,9,12-14H,2,4,7-8,17,19H2,1H3,(H2,18,20). The van der Waals surface area contributed by atoms with Crippen LogP contribution in [0.4, 0.5) is 0 Å². The van der Waals surface area contributed by atoms with Crippen molar-refractivity contribution in [2.45, 2.75) is 56.9 Å². The van der Waals surface area contributed by atoms with Gasteiger partial charge in [0.25, 0.3) is 0 Å². The molecule has 120 valence electrons. The summed E-state index contributed by atoms with van der Waals surface area (Å²) in [5, 5.41) is 0. The second-order valence-corrected chi connectivity index (χ2v) is 6.26. The summed E-state index contributed by atoms with van der Waals surface area (Å²) in [5.41, 5.74) is 14.0. The van der Waals surface area contributed by atoms with Crippen LogP contribution in [0.3, 0.4) is 0 Å². The number of rotatable bonds is 4.